The van der Waals surface area contributed by atoms with Crippen LogP contribution in [0.5, 0.6) is 0 Å². The second-order valence-corrected chi connectivity index (χ2v) is 4.60. The maximum atomic E-state index is 9.19. The van der Waals surface area contributed by atoms with E-state index in [0.717, 1.165) is 19.8 Å². The minimum atomic E-state index is 0.353. The Bertz CT molecular complexity index is 164. The van der Waals surface area contributed by atoms with Crippen molar-refractivity contribution >= 4 is 0 Å². The van der Waals surface area contributed by atoms with Gasteiger partial charge in [0.1, 0.15) is 0 Å². The molecule has 0 aromatic rings. The van der Waals surface area contributed by atoms with Gasteiger partial charge < -0.3 is 15.2 Å². The van der Waals surface area contributed by atoms with Crippen LogP contribution >= 0.6 is 0 Å². The van der Waals surface area contributed by atoms with E-state index >= 15 is 0 Å². The van der Waals surface area contributed by atoms with Crippen molar-refractivity contribution in [2.24, 2.45) is 11.8 Å². The summed E-state index contributed by atoms with van der Waals surface area (Å²) in [5.74, 6) is 1.19. The average molecular weight is 215 g/mol. The van der Waals surface area contributed by atoms with E-state index in [1.54, 1.807) is 0 Å². The van der Waals surface area contributed by atoms with Crippen LogP contribution in [0.3, 0.4) is 0 Å². The summed E-state index contributed by atoms with van der Waals surface area (Å²) >= 11 is 0. The molecule has 1 saturated carbocycles. The number of hydrogen-bond donors (Lipinski definition) is 2. The minimum Gasteiger partial charge on any atom is -0.396 e. The molecule has 1 aliphatic carbocycles. The maximum absolute atomic E-state index is 9.19. The minimum absolute atomic E-state index is 0.353. The molecule has 0 aliphatic heterocycles. The fourth-order valence-corrected chi connectivity index (χ4v) is 2.33. The number of ether oxygens (including phenoxy) is 1. The van der Waals surface area contributed by atoms with E-state index in [1.165, 1.54) is 19.3 Å². The molecule has 15 heavy (non-hydrogen) atoms. The number of hydrogen-bond acceptors (Lipinski definition) is 3. The molecule has 0 saturated heterocycles. The van der Waals surface area contributed by atoms with Gasteiger partial charge in [-0.1, -0.05) is 6.42 Å². The molecule has 3 unspecified atom stereocenters. The van der Waals surface area contributed by atoms with E-state index in [4.69, 9.17) is 4.74 Å². The highest BCUT2D eigenvalue weighted by atomic mass is 16.5. The number of aliphatic hydroxyl groups excluding tert-OH is 1. The Morgan fingerprint density at radius 2 is 2.13 bits per heavy atom. The van der Waals surface area contributed by atoms with Crippen LogP contribution in [0.15, 0.2) is 0 Å². The van der Waals surface area contributed by atoms with Gasteiger partial charge in [0.05, 0.1) is 6.61 Å². The maximum Gasteiger partial charge on any atom is 0.0616 e. The summed E-state index contributed by atoms with van der Waals surface area (Å²) in [6, 6.07) is 0.421. The van der Waals surface area contributed by atoms with Gasteiger partial charge >= 0.3 is 0 Å². The molecule has 0 aromatic carbocycles. The molecule has 1 fully saturated rings. The first-order valence-electron chi connectivity index (χ1n) is 6.19. The van der Waals surface area contributed by atoms with Gasteiger partial charge in [0, 0.05) is 19.3 Å². The Morgan fingerprint density at radius 1 is 1.40 bits per heavy atom. The first kappa shape index (κ1) is 12.9. The van der Waals surface area contributed by atoms with Gasteiger partial charge in [-0.25, -0.2) is 0 Å². The zero-order valence-electron chi connectivity index (χ0n) is 10.0. The van der Waals surface area contributed by atoms with Crippen molar-refractivity contribution in [3.05, 3.63) is 0 Å². The van der Waals surface area contributed by atoms with Crippen LogP contribution in [-0.4, -0.2) is 37.5 Å². The van der Waals surface area contributed by atoms with Crippen molar-refractivity contribution < 1.29 is 9.84 Å². The average Bonchev–Trinajstić information content (AvgIpc) is 2.70. The van der Waals surface area contributed by atoms with Gasteiger partial charge in [-0.15, -0.1) is 0 Å². The van der Waals surface area contributed by atoms with Crippen molar-refractivity contribution in [3.63, 3.8) is 0 Å². The molecule has 0 spiro atoms. The summed E-state index contributed by atoms with van der Waals surface area (Å²) in [5, 5.41) is 12.7. The predicted octanol–water partition coefficient (Wildman–Crippen LogP) is 1.41. The molecule has 2 N–H and O–H groups in total. The molecule has 1 rings (SSSR count). The van der Waals surface area contributed by atoms with Crippen molar-refractivity contribution in [1.82, 2.24) is 5.32 Å². The first-order chi connectivity index (χ1) is 7.27. The summed E-state index contributed by atoms with van der Waals surface area (Å²) in [7, 11) is 0. The number of nitrogens with one attached hydrogen (secondary N) is 1. The second kappa shape index (κ2) is 7.20. The van der Waals surface area contributed by atoms with Crippen LogP contribution in [0.4, 0.5) is 0 Å². The third-order valence-corrected chi connectivity index (χ3v) is 3.35. The highest BCUT2D eigenvalue weighted by Gasteiger charge is 2.26. The summed E-state index contributed by atoms with van der Waals surface area (Å²) < 4.78 is 5.35. The highest BCUT2D eigenvalue weighted by molar-refractivity contribution is 4.79. The molecule has 0 heterocycles. The van der Waals surface area contributed by atoms with Gasteiger partial charge in [0.15, 0.2) is 0 Å². The lowest BCUT2D eigenvalue weighted by Gasteiger charge is -2.21. The Kier molecular flexibility index (Phi) is 6.22. The zero-order chi connectivity index (χ0) is 11.1. The highest BCUT2D eigenvalue weighted by Crippen LogP contribution is 2.30. The van der Waals surface area contributed by atoms with Crippen LogP contribution in [-0.2, 0) is 4.74 Å². The van der Waals surface area contributed by atoms with Gasteiger partial charge in [-0.3, -0.25) is 0 Å². The van der Waals surface area contributed by atoms with Crippen LogP contribution in [0.25, 0.3) is 0 Å². The van der Waals surface area contributed by atoms with E-state index in [9.17, 15) is 5.11 Å². The van der Waals surface area contributed by atoms with Crippen molar-refractivity contribution in [1.29, 1.82) is 0 Å². The molecule has 3 atom stereocenters. The Labute approximate surface area is 93.2 Å². The molecular weight excluding hydrogens is 190 g/mol. The lowest BCUT2D eigenvalue weighted by atomic mass is 9.97. The van der Waals surface area contributed by atoms with Crippen molar-refractivity contribution in [2.75, 3.05) is 26.4 Å². The van der Waals surface area contributed by atoms with Gasteiger partial charge in [0.25, 0.3) is 0 Å². The Morgan fingerprint density at radius 3 is 2.80 bits per heavy atom. The van der Waals surface area contributed by atoms with Crippen LogP contribution in [0.2, 0.25) is 0 Å². The van der Waals surface area contributed by atoms with Crippen LogP contribution < -0.4 is 5.32 Å². The van der Waals surface area contributed by atoms with Crippen LogP contribution in [0.1, 0.15) is 33.1 Å². The summed E-state index contributed by atoms with van der Waals surface area (Å²) in [5.41, 5.74) is 0. The summed E-state index contributed by atoms with van der Waals surface area (Å²) in [4.78, 5) is 0. The van der Waals surface area contributed by atoms with Crippen LogP contribution in [0, 0.1) is 11.8 Å². The molecule has 0 aromatic heterocycles. The number of rotatable bonds is 7. The largest absolute Gasteiger partial charge is 0.396 e. The van der Waals surface area contributed by atoms with Gasteiger partial charge in [-0.2, -0.15) is 0 Å². The quantitative estimate of drug-likeness (QED) is 0.674. The smallest absolute Gasteiger partial charge is 0.0616 e. The molecule has 90 valence electrons. The summed E-state index contributed by atoms with van der Waals surface area (Å²) in [6.45, 7) is 7.12. The van der Waals surface area contributed by atoms with E-state index < -0.39 is 0 Å². The van der Waals surface area contributed by atoms with Crippen molar-refractivity contribution in [2.45, 2.75) is 39.2 Å². The monoisotopic (exact) mass is 215 g/mol. The predicted molar refractivity (Wildman–Crippen MR) is 61.9 cm³/mol. The van der Waals surface area contributed by atoms with E-state index in [-0.39, 0.29) is 0 Å². The summed E-state index contributed by atoms with van der Waals surface area (Å²) in [6.07, 6.45) is 3.74. The van der Waals surface area contributed by atoms with Crippen molar-refractivity contribution in [3.8, 4) is 0 Å². The normalized spacial score (nSPS) is 28.2. The lowest BCUT2D eigenvalue weighted by molar-refractivity contribution is 0.123. The number of aliphatic hydroxyl groups is 1. The molecule has 3 heteroatoms. The van der Waals surface area contributed by atoms with E-state index in [1.807, 2.05) is 6.92 Å². The van der Waals surface area contributed by atoms with Gasteiger partial charge in [0.2, 0.25) is 0 Å². The fourth-order valence-electron chi connectivity index (χ4n) is 2.33. The lowest BCUT2D eigenvalue weighted by Crippen LogP contribution is -2.36. The topological polar surface area (TPSA) is 41.5 Å². The molecule has 1 aliphatic rings. The fraction of sp³-hybridized carbons (Fsp3) is 1.00. The SMILES string of the molecule is CCOCC(C)NCC1CCCC1CO. The second-order valence-electron chi connectivity index (χ2n) is 4.60. The molecule has 0 radical (unpaired) electrons. The van der Waals surface area contributed by atoms with Gasteiger partial charge in [-0.05, 0) is 45.1 Å². The molecule has 0 amide bonds. The van der Waals surface area contributed by atoms with E-state index in [0.29, 0.717) is 24.5 Å². The molecule has 3 nitrogen and oxygen atoms in total. The molecular formula is C12H25NO2. The first-order valence-corrected chi connectivity index (χ1v) is 6.19. The Balaban J connectivity index is 2.12. The Hall–Kier alpha value is -0.120. The zero-order valence-corrected chi connectivity index (χ0v) is 10.0. The third-order valence-electron chi connectivity index (χ3n) is 3.35. The molecule has 0 bridgehead atoms. The van der Waals surface area contributed by atoms with E-state index in [2.05, 4.69) is 12.2 Å². The third kappa shape index (κ3) is 4.49. The standard InChI is InChI=1S/C12H25NO2/c1-3-15-9-10(2)13-7-11-5-4-6-12(11)8-14/h10-14H,3-9H2,1-2H3.